The van der Waals surface area contributed by atoms with Gasteiger partial charge in [-0.2, -0.15) is 0 Å². The summed E-state index contributed by atoms with van der Waals surface area (Å²) in [4.78, 5) is 6.65. The molecule has 4 heterocycles. The van der Waals surface area contributed by atoms with Crippen molar-refractivity contribution in [2.24, 2.45) is 0 Å². The first kappa shape index (κ1) is 4.72. The van der Waals surface area contributed by atoms with E-state index in [9.17, 15) is 0 Å². The van der Waals surface area contributed by atoms with Crippen LogP contribution in [0, 0.1) is 0 Å². The number of fused-ring (bicyclic) bond motifs is 1. The molecule has 0 aliphatic carbocycles. The standard InChI is InChI=1S/C8H8N2/c1-2-6-3-4-7-9-8(6)10(7)5-1/h3-4H,1-2,5H2. The Kier molecular flexibility index (Phi) is 0.631. The average Bonchev–Trinajstić information content (AvgIpc) is 1.96. The molecule has 0 fully saturated rings. The third-order valence-corrected chi connectivity index (χ3v) is 2.30. The number of hydrogen-bond acceptors (Lipinski definition) is 2. The fourth-order valence-electron chi connectivity index (χ4n) is 1.76. The van der Waals surface area contributed by atoms with Gasteiger partial charge in [-0.3, -0.25) is 0 Å². The van der Waals surface area contributed by atoms with E-state index in [4.69, 9.17) is 0 Å². The van der Waals surface area contributed by atoms with Gasteiger partial charge in [0.15, 0.2) is 0 Å². The predicted octanol–water partition coefficient (Wildman–Crippen LogP) is 1.48. The van der Waals surface area contributed by atoms with Crippen LogP contribution in [-0.2, 0) is 6.42 Å². The first-order valence-corrected chi connectivity index (χ1v) is 3.72. The topological polar surface area (TPSA) is 16.1 Å². The molecule has 1 aromatic heterocycles. The van der Waals surface area contributed by atoms with Crippen LogP contribution in [0.3, 0.4) is 0 Å². The Hall–Kier alpha value is -1.05. The van der Waals surface area contributed by atoms with Gasteiger partial charge >= 0.3 is 0 Å². The van der Waals surface area contributed by atoms with Crippen LogP contribution in [0.15, 0.2) is 12.1 Å². The minimum atomic E-state index is 1.17. The maximum absolute atomic E-state index is 4.35. The van der Waals surface area contributed by atoms with Crippen LogP contribution in [0.2, 0.25) is 0 Å². The predicted molar refractivity (Wildman–Crippen MR) is 39.6 cm³/mol. The Morgan fingerprint density at radius 2 is 2.40 bits per heavy atom. The molecule has 0 aromatic carbocycles. The van der Waals surface area contributed by atoms with Gasteiger partial charge in [0, 0.05) is 6.54 Å². The van der Waals surface area contributed by atoms with Gasteiger partial charge in [0.1, 0.15) is 11.6 Å². The largest absolute Gasteiger partial charge is 0.311 e. The van der Waals surface area contributed by atoms with Gasteiger partial charge in [0.2, 0.25) is 0 Å². The highest BCUT2D eigenvalue weighted by atomic mass is 15.3. The van der Waals surface area contributed by atoms with Gasteiger partial charge in [-0.05, 0) is 24.5 Å². The highest BCUT2D eigenvalue weighted by molar-refractivity contribution is 5.71. The molecule has 0 atom stereocenters. The number of nitrogens with zero attached hydrogens (tertiary/aromatic N) is 2. The van der Waals surface area contributed by atoms with Gasteiger partial charge < -0.3 is 4.90 Å². The maximum Gasteiger partial charge on any atom is 0.139 e. The quantitative estimate of drug-likeness (QED) is 0.531. The zero-order valence-electron chi connectivity index (χ0n) is 5.67. The Morgan fingerprint density at radius 1 is 1.40 bits per heavy atom. The smallest absolute Gasteiger partial charge is 0.139 e. The molecule has 0 spiro atoms. The highest BCUT2D eigenvalue weighted by Gasteiger charge is 2.28. The summed E-state index contributed by atoms with van der Waals surface area (Å²) in [5, 5.41) is 0. The Labute approximate surface area is 59.5 Å². The van der Waals surface area contributed by atoms with Crippen LogP contribution >= 0.6 is 0 Å². The molecule has 0 amide bonds. The summed E-state index contributed by atoms with van der Waals surface area (Å²) in [6.45, 7) is 1.18. The van der Waals surface area contributed by atoms with E-state index in [0.29, 0.717) is 0 Å². The molecule has 0 saturated heterocycles. The lowest BCUT2D eigenvalue weighted by Crippen LogP contribution is -2.33. The van der Waals surface area contributed by atoms with Crippen molar-refractivity contribution >= 4 is 11.6 Å². The molecular formula is C8H8N2. The second-order valence-corrected chi connectivity index (χ2v) is 2.91. The van der Waals surface area contributed by atoms with E-state index in [1.54, 1.807) is 0 Å². The Morgan fingerprint density at radius 3 is 3.10 bits per heavy atom. The highest BCUT2D eigenvalue weighted by Crippen LogP contribution is 2.39. The van der Waals surface area contributed by atoms with Crippen molar-refractivity contribution in [1.29, 1.82) is 0 Å². The first-order chi connectivity index (χ1) is 4.95. The van der Waals surface area contributed by atoms with Crippen LogP contribution < -0.4 is 4.90 Å². The summed E-state index contributed by atoms with van der Waals surface area (Å²) in [6.07, 6.45) is 2.52. The second-order valence-electron chi connectivity index (χ2n) is 2.91. The minimum absolute atomic E-state index is 1.17. The summed E-state index contributed by atoms with van der Waals surface area (Å²) in [7, 11) is 0. The molecule has 10 heavy (non-hydrogen) atoms. The molecule has 50 valence electrons. The van der Waals surface area contributed by atoms with Crippen LogP contribution in [0.25, 0.3) is 0 Å². The van der Waals surface area contributed by atoms with Crippen molar-refractivity contribution in [3.8, 4) is 0 Å². The van der Waals surface area contributed by atoms with Gasteiger partial charge in [-0.1, -0.05) is 6.07 Å². The van der Waals surface area contributed by atoms with Crippen molar-refractivity contribution in [3.05, 3.63) is 17.7 Å². The maximum atomic E-state index is 4.35. The van der Waals surface area contributed by atoms with Gasteiger partial charge in [-0.15, -0.1) is 0 Å². The summed E-state index contributed by atoms with van der Waals surface area (Å²) in [6, 6.07) is 4.31. The summed E-state index contributed by atoms with van der Waals surface area (Å²) in [5.41, 5.74) is 1.43. The Balaban J connectivity index is 2.30. The van der Waals surface area contributed by atoms with Gasteiger partial charge in [0.25, 0.3) is 0 Å². The second kappa shape index (κ2) is 1.34. The summed E-state index contributed by atoms with van der Waals surface area (Å²) >= 11 is 0. The molecule has 0 N–H and O–H groups in total. The van der Waals surface area contributed by atoms with Crippen molar-refractivity contribution in [2.75, 3.05) is 11.4 Å². The SMILES string of the molecule is c1cc2c3nc1N3CCC2. The van der Waals surface area contributed by atoms with E-state index in [0.717, 1.165) is 0 Å². The van der Waals surface area contributed by atoms with Crippen LogP contribution in [-0.4, -0.2) is 11.5 Å². The summed E-state index contributed by atoms with van der Waals surface area (Å²) < 4.78 is 0. The molecule has 4 bridgehead atoms. The number of hydrogen-bond donors (Lipinski definition) is 0. The van der Waals surface area contributed by atoms with Crippen LogP contribution in [0.5, 0.6) is 0 Å². The Bertz CT molecular complexity index is 284. The lowest BCUT2D eigenvalue weighted by molar-refractivity contribution is 0.711. The zero-order chi connectivity index (χ0) is 6.55. The van der Waals surface area contributed by atoms with E-state index < -0.39 is 0 Å². The van der Waals surface area contributed by atoms with Gasteiger partial charge in [0.05, 0.1) is 0 Å². The van der Waals surface area contributed by atoms with E-state index >= 15 is 0 Å². The van der Waals surface area contributed by atoms with Crippen molar-refractivity contribution in [2.45, 2.75) is 12.8 Å². The number of anilines is 2. The number of aryl methyl sites for hydroxylation is 1. The molecule has 4 rings (SSSR count). The molecule has 0 unspecified atom stereocenters. The van der Waals surface area contributed by atoms with E-state index in [2.05, 4.69) is 22.0 Å². The summed E-state index contributed by atoms with van der Waals surface area (Å²) in [5.74, 6) is 2.40. The average molecular weight is 132 g/mol. The van der Waals surface area contributed by atoms with Crippen LogP contribution in [0.1, 0.15) is 12.0 Å². The third-order valence-electron chi connectivity index (χ3n) is 2.30. The lowest BCUT2D eigenvalue weighted by Gasteiger charge is -2.36. The molecule has 0 saturated carbocycles. The fraction of sp³-hybridized carbons (Fsp3) is 0.375. The number of aromatic nitrogens is 1. The monoisotopic (exact) mass is 132 g/mol. The van der Waals surface area contributed by atoms with E-state index in [1.807, 2.05) is 0 Å². The van der Waals surface area contributed by atoms with Crippen molar-refractivity contribution < 1.29 is 0 Å². The first-order valence-electron chi connectivity index (χ1n) is 3.72. The zero-order valence-corrected chi connectivity index (χ0v) is 5.67. The molecule has 3 aliphatic rings. The van der Waals surface area contributed by atoms with E-state index in [-0.39, 0.29) is 0 Å². The molecule has 2 heteroatoms. The van der Waals surface area contributed by atoms with Crippen molar-refractivity contribution in [3.63, 3.8) is 0 Å². The van der Waals surface area contributed by atoms with Gasteiger partial charge in [-0.25, -0.2) is 4.98 Å². The molecule has 3 aliphatic heterocycles. The van der Waals surface area contributed by atoms with Crippen LogP contribution in [0.4, 0.5) is 11.6 Å². The molecule has 0 radical (unpaired) electrons. The minimum Gasteiger partial charge on any atom is -0.311 e. The normalized spacial score (nSPS) is 18.6. The molecule has 1 aromatic rings. The fourth-order valence-corrected chi connectivity index (χ4v) is 1.76. The third kappa shape index (κ3) is 0.365. The van der Waals surface area contributed by atoms with E-state index in [1.165, 1.54) is 36.6 Å². The molecular weight excluding hydrogens is 124 g/mol. The number of rotatable bonds is 0. The lowest BCUT2D eigenvalue weighted by atomic mass is 10.0. The molecule has 2 nitrogen and oxygen atoms in total. The number of pyridine rings is 1. The van der Waals surface area contributed by atoms with Crippen molar-refractivity contribution in [1.82, 2.24) is 4.98 Å².